The number of ether oxygens (including phenoxy) is 1. The molecule has 0 spiro atoms. The number of hydrogen-bond acceptors (Lipinski definition) is 2. The van der Waals surface area contributed by atoms with Gasteiger partial charge in [-0.3, -0.25) is 0 Å². The molecule has 1 aliphatic heterocycles. The van der Waals surface area contributed by atoms with Crippen molar-refractivity contribution in [2.45, 2.75) is 31.5 Å². The summed E-state index contributed by atoms with van der Waals surface area (Å²) >= 11 is 2.34. The summed E-state index contributed by atoms with van der Waals surface area (Å²) in [5.74, 6) is 0. The maximum absolute atomic E-state index is 8.48. The minimum Gasteiger partial charge on any atom is -0.396 e. The first-order valence-corrected chi connectivity index (χ1v) is 5.23. The number of unbranched alkanes of at least 4 members (excludes halogenated alkanes) is 1. The van der Waals surface area contributed by atoms with Crippen LogP contribution < -0.4 is 0 Å². The van der Waals surface area contributed by atoms with E-state index in [1.165, 1.54) is 0 Å². The third-order valence-electron chi connectivity index (χ3n) is 1.74. The van der Waals surface area contributed by atoms with Gasteiger partial charge in [-0.2, -0.15) is 0 Å². The van der Waals surface area contributed by atoms with E-state index in [0.29, 0.717) is 18.8 Å². The van der Waals surface area contributed by atoms with Gasteiger partial charge in [0.25, 0.3) is 0 Å². The monoisotopic (exact) mass is 256 g/mol. The van der Waals surface area contributed by atoms with E-state index < -0.39 is 0 Å². The van der Waals surface area contributed by atoms with Gasteiger partial charge in [0.1, 0.15) is 0 Å². The summed E-state index contributed by atoms with van der Waals surface area (Å²) in [5, 5.41) is 8.48. The van der Waals surface area contributed by atoms with Crippen LogP contribution in [-0.4, -0.2) is 28.3 Å². The zero-order chi connectivity index (χ0) is 7.40. The van der Waals surface area contributed by atoms with E-state index in [9.17, 15) is 0 Å². The lowest BCUT2D eigenvalue weighted by Gasteiger charge is -1.91. The van der Waals surface area contributed by atoms with Crippen molar-refractivity contribution in [3.63, 3.8) is 0 Å². The molecule has 1 aliphatic rings. The molecule has 2 atom stereocenters. The quantitative estimate of drug-likeness (QED) is 0.348. The van der Waals surface area contributed by atoms with E-state index in [2.05, 4.69) is 22.6 Å². The molecule has 3 heteroatoms. The molecule has 10 heavy (non-hydrogen) atoms. The number of rotatable bonds is 5. The maximum Gasteiger partial charge on any atom is 0.0931 e. The third kappa shape index (κ3) is 2.72. The minimum atomic E-state index is 0.321. The molecule has 0 radical (unpaired) electrons. The van der Waals surface area contributed by atoms with E-state index in [0.717, 1.165) is 23.7 Å². The summed E-state index contributed by atoms with van der Waals surface area (Å²) in [7, 11) is 0. The first-order chi connectivity index (χ1) is 4.88. The molecule has 0 saturated carbocycles. The third-order valence-corrected chi connectivity index (χ3v) is 2.60. The van der Waals surface area contributed by atoms with Crippen LogP contribution in [0.2, 0.25) is 0 Å². The highest BCUT2D eigenvalue weighted by Crippen LogP contribution is 2.28. The van der Waals surface area contributed by atoms with Crippen molar-refractivity contribution < 1.29 is 9.84 Å². The van der Waals surface area contributed by atoms with Gasteiger partial charge in [-0.15, -0.1) is 0 Å². The van der Waals surface area contributed by atoms with Crippen molar-refractivity contribution in [3.05, 3.63) is 0 Å². The standard InChI is InChI=1S/C7H13IO2/c8-5-7-6(10-7)3-1-2-4-9/h6-7,9H,1-5H2. The highest BCUT2D eigenvalue weighted by atomic mass is 127. The van der Waals surface area contributed by atoms with E-state index in [1.54, 1.807) is 0 Å². The predicted octanol–water partition coefficient (Wildman–Crippen LogP) is 1.35. The molecule has 0 bridgehead atoms. The van der Waals surface area contributed by atoms with E-state index in [4.69, 9.17) is 9.84 Å². The molecule has 1 rings (SSSR count). The maximum atomic E-state index is 8.48. The Morgan fingerprint density at radius 2 is 2.10 bits per heavy atom. The highest BCUT2D eigenvalue weighted by molar-refractivity contribution is 14.1. The van der Waals surface area contributed by atoms with Crippen LogP contribution in [0.15, 0.2) is 0 Å². The van der Waals surface area contributed by atoms with Crippen molar-refractivity contribution in [2.24, 2.45) is 0 Å². The molecule has 1 N–H and O–H groups in total. The molecule has 2 nitrogen and oxygen atoms in total. The molecule has 0 aliphatic carbocycles. The lowest BCUT2D eigenvalue weighted by Crippen LogP contribution is -1.95. The van der Waals surface area contributed by atoms with Gasteiger partial charge in [0, 0.05) is 11.0 Å². The molecule has 0 amide bonds. The van der Waals surface area contributed by atoms with Crippen LogP contribution >= 0.6 is 22.6 Å². The minimum absolute atomic E-state index is 0.321. The Kier molecular flexibility index (Phi) is 3.95. The van der Waals surface area contributed by atoms with Crippen molar-refractivity contribution in [1.82, 2.24) is 0 Å². The van der Waals surface area contributed by atoms with Gasteiger partial charge < -0.3 is 9.84 Å². The number of hydrogen-bond donors (Lipinski definition) is 1. The number of aliphatic hydroxyl groups excluding tert-OH is 1. The Labute approximate surface area is 75.1 Å². The number of alkyl halides is 1. The summed E-state index contributed by atoms with van der Waals surface area (Å²) in [6.07, 6.45) is 4.21. The molecule has 0 aromatic rings. The predicted molar refractivity (Wildman–Crippen MR) is 48.5 cm³/mol. The lowest BCUT2D eigenvalue weighted by molar-refractivity contribution is 0.278. The molecule has 0 aromatic heterocycles. The molecule has 1 heterocycles. The molecule has 60 valence electrons. The normalized spacial score (nSPS) is 30.6. The van der Waals surface area contributed by atoms with Crippen LogP contribution in [0.4, 0.5) is 0 Å². The van der Waals surface area contributed by atoms with Crippen LogP contribution in [0, 0.1) is 0 Å². The average molecular weight is 256 g/mol. The molecular weight excluding hydrogens is 243 g/mol. The summed E-state index contributed by atoms with van der Waals surface area (Å²) in [4.78, 5) is 0. The van der Waals surface area contributed by atoms with Crippen LogP contribution in [-0.2, 0) is 4.74 Å². The second kappa shape index (κ2) is 4.51. The van der Waals surface area contributed by atoms with Crippen LogP contribution in [0.5, 0.6) is 0 Å². The Morgan fingerprint density at radius 3 is 2.60 bits per heavy atom. The van der Waals surface area contributed by atoms with Gasteiger partial charge >= 0.3 is 0 Å². The second-order valence-electron chi connectivity index (χ2n) is 2.59. The van der Waals surface area contributed by atoms with Gasteiger partial charge in [0.15, 0.2) is 0 Å². The zero-order valence-corrected chi connectivity index (χ0v) is 8.08. The first-order valence-electron chi connectivity index (χ1n) is 3.70. The fourth-order valence-electron chi connectivity index (χ4n) is 1.03. The smallest absolute Gasteiger partial charge is 0.0931 e. The summed E-state index contributed by atoms with van der Waals surface area (Å²) < 4.78 is 6.44. The van der Waals surface area contributed by atoms with E-state index >= 15 is 0 Å². The van der Waals surface area contributed by atoms with E-state index in [1.807, 2.05) is 0 Å². The Balaban J connectivity index is 1.87. The molecule has 1 fully saturated rings. The summed E-state index contributed by atoms with van der Waals surface area (Å²) in [6.45, 7) is 0.321. The zero-order valence-electron chi connectivity index (χ0n) is 5.92. The van der Waals surface area contributed by atoms with Crippen LogP contribution in [0.1, 0.15) is 19.3 Å². The van der Waals surface area contributed by atoms with Crippen molar-refractivity contribution in [2.75, 3.05) is 11.0 Å². The Morgan fingerprint density at radius 1 is 1.30 bits per heavy atom. The molecule has 0 aromatic carbocycles. The lowest BCUT2D eigenvalue weighted by atomic mass is 10.2. The fraction of sp³-hybridized carbons (Fsp3) is 1.00. The van der Waals surface area contributed by atoms with Gasteiger partial charge in [0.2, 0.25) is 0 Å². The van der Waals surface area contributed by atoms with Crippen molar-refractivity contribution in [1.29, 1.82) is 0 Å². The topological polar surface area (TPSA) is 32.8 Å². The van der Waals surface area contributed by atoms with Gasteiger partial charge in [-0.25, -0.2) is 0 Å². The molecule has 2 unspecified atom stereocenters. The van der Waals surface area contributed by atoms with Crippen molar-refractivity contribution in [3.8, 4) is 0 Å². The Bertz CT molecular complexity index is 97.6. The molecular formula is C7H13IO2. The van der Waals surface area contributed by atoms with Gasteiger partial charge in [0.05, 0.1) is 12.2 Å². The van der Waals surface area contributed by atoms with E-state index in [-0.39, 0.29) is 0 Å². The van der Waals surface area contributed by atoms with Gasteiger partial charge in [-0.1, -0.05) is 22.6 Å². The molecule has 1 saturated heterocycles. The second-order valence-corrected chi connectivity index (χ2v) is 3.47. The fourth-order valence-corrected chi connectivity index (χ4v) is 1.80. The first kappa shape index (κ1) is 8.74. The van der Waals surface area contributed by atoms with Gasteiger partial charge in [-0.05, 0) is 19.3 Å². The highest BCUT2D eigenvalue weighted by Gasteiger charge is 2.36. The largest absolute Gasteiger partial charge is 0.396 e. The summed E-state index contributed by atoms with van der Waals surface area (Å²) in [5.41, 5.74) is 0. The van der Waals surface area contributed by atoms with Crippen LogP contribution in [0.25, 0.3) is 0 Å². The summed E-state index contributed by atoms with van der Waals surface area (Å²) in [6, 6.07) is 0. The average Bonchev–Trinajstić information content (AvgIpc) is 2.68. The van der Waals surface area contributed by atoms with Crippen LogP contribution in [0.3, 0.4) is 0 Å². The number of epoxide rings is 1. The van der Waals surface area contributed by atoms with Crippen molar-refractivity contribution >= 4 is 22.6 Å². The number of aliphatic hydroxyl groups is 1. The SMILES string of the molecule is OCCCCC1OC1CI. The number of halogens is 1. The Hall–Kier alpha value is 0.650.